The molecular weight excluding hydrogens is 390 g/mol. The fourth-order valence-corrected chi connectivity index (χ4v) is 4.00. The molecule has 162 valence electrons. The fourth-order valence-electron chi connectivity index (χ4n) is 4.00. The molecule has 1 atom stereocenters. The molecule has 1 fully saturated rings. The van der Waals surface area contributed by atoms with Crippen LogP contribution in [0, 0.1) is 0 Å². The van der Waals surface area contributed by atoms with Gasteiger partial charge in [-0.25, -0.2) is 9.97 Å². The molecule has 3 heterocycles. The number of ether oxygens (including phenoxy) is 1. The van der Waals surface area contributed by atoms with Crippen molar-refractivity contribution in [2.75, 3.05) is 52.8 Å². The molecule has 0 unspecified atom stereocenters. The number of morpholine rings is 1. The first-order chi connectivity index (χ1) is 14.9. The van der Waals surface area contributed by atoms with Crippen LogP contribution in [0.25, 0.3) is 10.9 Å². The number of hydrogen-bond acceptors (Lipinski definition) is 6. The van der Waals surface area contributed by atoms with Gasteiger partial charge in [-0.15, -0.1) is 0 Å². The minimum atomic E-state index is -0.188. The van der Waals surface area contributed by atoms with Crippen LogP contribution in [-0.2, 0) is 11.3 Å². The van der Waals surface area contributed by atoms with E-state index in [0.29, 0.717) is 18.7 Å². The molecule has 0 N–H and O–H groups in total. The number of anilines is 1. The van der Waals surface area contributed by atoms with Crippen molar-refractivity contribution in [3.05, 3.63) is 65.5 Å². The molecule has 4 rings (SSSR count). The Morgan fingerprint density at radius 2 is 1.97 bits per heavy atom. The maximum Gasteiger partial charge on any atom is 0.254 e. The molecule has 7 nitrogen and oxygen atoms in total. The molecule has 1 saturated heterocycles. The lowest BCUT2D eigenvalue weighted by atomic mass is 10.0. The number of para-hydroxylation sites is 1. The zero-order valence-corrected chi connectivity index (χ0v) is 18.6. The Kier molecular flexibility index (Phi) is 6.15. The van der Waals surface area contributed by atoms with Gasteiger partial charge in [0.2, 0.25) is 0 Å². The first-order valence-electron chi connectivity index (χ1n) is 10.5. The second-order valence-electron chi connectivity index (χ2n) is 8.29. The highest BCUT2D eigenvalue weighted by molar-refractivity contribution is 6.06. The Morgan fingerprint density at radius 3 is 2.74 bits per heavy atom. The molecule has 2 aromatic heterocycles. The Morgan fingerprint density at radius 1 is 1.16 bits per heavy atom. The maximum atomic E-state index is 12.8. The second-order valence-corrected chi connectivity index (χ2v) is 8.29. The minimum Gasteiger partial charge on any atom is -0.369 e. The van der Waals surface area contributed by atoms with Gasteiger partial charge in [0, 0.05) is 65.0 Å². The molecule has 7 heteroatoms. The van der Waals surface area contributed by atoms with Gasteiger partial charge in [-0.3, -0.25) is 9.69 Å². The number of carbonyl (C=O) groups is 1. The molecule has 31 heavy (non-hydrogen) atoms. The average Bonchev–Trinajstić information content (AvgIpc) is 2.78. The highest BCUT2D eigenvalue weighted by atomic mass is 16.5. The third kappa shape index (κ3) is 4.52. The van der Waals surface area contributed by atoms with E-state index >= 15 is 0 Å². The molecular formula is C24H29N5O2. The van der Waals surface area contributed by atoms with Crippen LogP contribution in [0.3, 0.4) is 0 Å². The smallest absolute Gasteiger partial charge is 0.254 e. The fraction of sp³-hybridized carbons (Fsp3) is 0.375. The van der Waals surface area contributed by atoms with E-state index < -0.39 is 0 Å². The van der Waals surface area contributed by atoms with E-state index in [4.69, 9.17) is 9.72 Å². The van der Waals surface area contributed by atoms with E-state index in [1.165, 1.54) is 5.56 Å². The van der Waals surface area contributed by atoms with E-state index in [1.54, 1.807) is 19.0 Å². The number of rotatable bonds is 5. The number of hydrogen-bond donors (Lipinski definition) is 0. The lowest BCUT2D eigenvalue weighted by Gasteiger charge is -2.33. The van der Waals surface area contributed by atoms with E-state index in [2.05, 4.69) is 16.0 Å². The molecule has 1 aromatic carbocycles. The summed E-state index contributed by atoms with van der Waals surface area (Å²) in [4.78, 5) is 28.2. The van der Waals surface area contributed by atoms with Crippen LogP contribution in [0.2, 0.25) is 0 Å². The van der Waals surface area contributed by atoms with Gasteiger partial charge in [-0.1, -0.05) is 24.3 Å². The van der Waals surface area contributed by atoms with Crippen LogP contribution in [0.1, 0.15) is 27.7 Å². The van der Waals surface area contributed by atoms with Crippen molar-refractivity contribution in [3.63, 3.8) is 0 Å². The van der Waals surface area contributed by atoms with E-state index in [-0.39, 0.29) is 12.0 Å². The van der Waals surface area contributed by atoms with Crippen LogP contribution in [0.4, 0.5) is 5.82 Å². The summed E-state index contributed by atoms with van der Waals surface area (Å²) in [5.74, 6) is 0.951. The molecule has 0 radical (unpaired) electrons. The summed E-state index contributed by atoms with van der Waals surface area (Å²) in [7, 11) is 7.56. The predicted molar refractivity (Wildman–Crippen MR) is 122 cm³/mol. The largest absolute Gasteiger partial charge is 0.369 e. The van der Waals surface area contributed by atoms with Crippen LogP contribution >= 0.6 is 0 Å². The summed E-state index contributed by atoms with van der Waals surface area (Å²) in [6, 6.07) is 13.8. The van der Waals surface area contributed by atoms with Crippen molar-refractivity contribution in [3.8, 4) is 0 Å². The summed E-state index contributed by atoms with van der Waals surface area (Å²) < 4.78 is 6.10. The quantitative estimate of drug-likeness (QED) is 0.634. The van der Waals surface area contributed by atoms with Gasteiger partial charge in [0.15, 0.2) is 0 Å². The van der Waals surface area contributed by atoms with E-state index in [0.717, 1.165) is 35.5 Å². The molecule has 1 amide bonds. The molecule has 1 aliphatic rings. The van der Waals surface area contributed by atoms with Crippen molar-refractivity contribution >= 4 is 22.6 Å². The number of nitrogens with zero attached hydrogens (tertiary/aromatic N) is 5. The first-order valence-corrected chi connectivity index (χ1v) is 10.5. The first kappa shape index (κ1) is 21.2. The number of aromatic nitrogens is 2. The number of amides is 1. The number of carbonyl (C=O) groups excluding carboxylic acids is 1. The topological polar surface area (TPSA) is 61.8 Å². The summed E-state index contributed by atoms with van der Waals surface area (Å²) >= 11 is 0. The Bertz CT molecular complexity index is 1080. The Labute approximate surface area is 183 Å². The van der Waals surface area contributed by atoms with Crippen molar-refractivity contribution in [2.45, 2.75) is 12.6 Å². The highest BCUT2D eigenvalue weighted by Gasteiger charge is 2.26. The van der Waals surface area contributed by atoms with Crippen molar-refractivity contribution in [1.82, 2.24) is 19.8 Å². The standard InChI is InChI=1S/C24H29N5O2/c1-27(2)23-17(8-7-11-25-23)15-29-12-13-31-22(16-29)21-14-19(24(30)28(3)4)18-9-5-6-10-20(18)26-21/h5-11,14,22H,12-13,15-16H2,1-4H3/t22-/m0/s1. The SMILES string of the molecule is CN(C)C(=O)c1cc([C@@H]2CN(Cc3cccnc3N(C)C)CCO2)nc2ccccc12. The Balaban J connectivity index is 1.62. The molecule has 0 aliphatic carbocycles. The number of benzene rings is 1. The van der Waals surface area contributed by atoms with Gasteiger partial charge in [0.05, 0.1) is 23.4 Å². The average molecular weight is 420 g/mol. The van der Waals surface area contributed by atoms with Gasteiger partial charge in [0.25, 0.3) is 5.91 Å². The zero-order valence-electron chi connectivity index (χ0n) is 18.6. The third-order valence-corrected chi connectivity index (χ3v) is 5.54. The second kappa shape index (κ2) is 8.99. The van der Waals surface area contributed by atoms with E-state index in [1.807, 2.05) is 61.6 Å². The molecule has 0 bridgehead atoms. The molecule has 0 saturated carbocycles. The van der Waals surface area contributed by atoms with Gasteiger partial charge in [0.1, 0.15) is 11.9 Å². The van der Waals surface area contributed by atoms with Crippen molar-refractivity contribution in [1.29, 1.82) is 0 Å². The monoisotopic (exact) mass is 419 g/mol. The normalized spacial score (nSPS) is 17.0. The maximum absolute atomic E-state index is 12.8. The zero-order chi connectivity index (χ0) is 22.0. The lowest BCUT2D eigenvalue weighted by molar-refractivity contribution is -0.0348. The summed E-state index contributed by atoms with van der Waals surface area (Å²) in [6.07, 6.45) is 1.63. The summed E-state index contributed by atoms with van der Waals surface area (Å²) in [6.45, 7) is 2.96. The van der Waals surface area contributed by atoms with Gasteiger partial charge in [-0.2, -0.15) is 0 Å². The van der Waals surface area contributed by atoms with Gasteiger partial charge in [-0.05, 0) is 18.2 Å². The highest BCUT2D eigenvalue weighted by Crippen LogP contribution is 2.28. The van der Waals surface area contributed by atoms with Gasteiger partial charge < -0.3 is 14.5 Å². The summed E-state index contributed by atoms with van der Waals surface area (Å²) in [5.41, 5.74) is 3.46. The van der Waals surface area contributed by atoms with Crippen LogP contribution in [0.15, 0.2) is 48.7 Å². The molecule has 3 aromatic rings. The molecule has 1 aliphatic heterocycles. The minimum absolute atomic E-state index is 0.0292. The number of fused-ring (bicyclic) bond motifs is 1. The Hall–Kier alpha value is -3.03. The van der Waals surface area contributed by atoms with Gasteiger partial charge >= 0.3 is 0 Å². The lowest BCUT2D eigenvalue weighted by Crippen LogP contribution is -2.38. The van der Waals surface area contributed by atoms with Crippen molar-refractivity contribution in [2.24, 2.45) is 0 Å². The van der Waals surface area contributed by atoms with Crippen LogP contribution in [-0.4, -0.2) is 73.6 Å². The van der Waals surface area contributed by atoms with E-state index in [9.17, 15) is 4.79 Å². The van der Waals surface area contributed by atoms with Crippen molar-refractivity contribution < 1.29 is 9.53 Å². The molecule has 0 spiro atoms. The third-order valence-electron chi connectivity index (χ3n) is 5.54. The van der Waals surface area contributed by atoms with Crippen LogP contribution in [0.5, 0.6) is 0 Å². The summed E-state index contributed by atoms with van der Waals surface area (Å²) in [5, 5.41) is 0.864. The van der Waals surface area contributed by atoms with Crippen LogP contribution < -0.4 is 4.90 Å². The number of pyridine rings is 2. The predicted octanol–water partition coefficient (Wildman–Crippen LogP) is 2.97.